The second-order valence-corrected chi connectivity index (χ2v) is 11.3. The van der Waals surface area contributed by atoms with Gasteiger partial charge in [-0.15, -0.1) is 13.2 Å². The molecule has 1 N–H and O–H groups in total. The number of carbonyl (C=O) groups excluding carboxylic acids is 1. The molecule has 1 aliphatic heterocycles. The van der Waals surface area contributed by atoms with E-state index in [-0.39, 0.29) is 37.5 Å². The summed E-state index contributed by atoms with van der Waals surface area (Å²) in [6, 6.07) is 17.0. The van der Waals surface area contributed by atoms with Crippen LogP contribution < -0.4 is 19.5 Å². The van der Waals surface area contributed by atoms with Gasteiger partial charge in [0, 0.05) is 24.7 Å². The number of hydrogen-bond donors (Lipinski definition) is 1. The van der Waals surface area contributed by atoms with Gasteiger partial charge in [0.2, 0.25) is 0 Å². The van der Waals surface area contributed by atoms with E-state index in [1.165, 1.54) is 18.2 Å². The Morgan fingerprint density at radius 3 is 2.35 bits per heavy atom. The minimum atomic E-state index is -4.78. The fourth-order valence-corrected chi connectivity index (χ4v) is 5.76. The van der Waals surface area contributed by atoms with Crippen molar-refractivity contribution in [2.45, 2.75) is 45.1 Å². The van der Waals surface area contributed by atoms with Crippen molar-refractivity contribution in [3.8, 4) is 17.2 Å². The first-order chi connectivity index (χ1) is 20.6. The Kier molecular flexibility index (Phi) is 9.74. The lowest BCUT2D eigenvalue weighted by atomic mass is 9.93. The zero-order valence-electron chi connectivity index (χ0n) is 23.5. The summed E-state index contributed by atoms with van der Waals surface area (Å²) in [5, 5.41) is 4.18. The van der Waals surface area contributed by atoms with E-state index in [2.05, 4.69) is 10.1 Å². The lowest BCUT2D eigenvalue weighted by molar-refractivity contribution is -0.274. The number of halogens is 5. The Morgan fingerprint density at radius 2 is 1.67 bits per heavy atom. The minimum Gasteiger partial charge on any atom is -0.490 e. The standard InChI is InChI=1S/C32H31Cl2F3N2O4/c1-20-15-28(33)30(29(34)16-20)42-14-13-41-24-9-5-22(6-10-24)26-11-12-38-18-27(26)31(40)39(23-7-8-23)19-21-3-2-4-25(17-21)43-32(35,36)37/h2-6,9-10,15-17,23,38H,7-8,11-14,18-19H2,1H3. The summed E-state index contributed by atoms with van der Waals surface area (Å²) in [6.07, 6.45) is -2.39. The molecule has 3 aromatic carbocycles. The molecule has 1 saturated carbocycles. The number of amides is 1. The fraction of sp³-hybridized carbons (Fsp3) is 0.344. The third kappa shape index (κ3) is 8.37. The van der Waals surface area contributed by atoms with Crippen LogP contribution in [0, 0.1) is 6.92 Å². The van der Waals surface area contributed by atoms with Gasteiger partial charge in [-0.3, -0.25) is 4.79 Å². The Bertz CT molecular complexity index is 1470. The van der Waals surface area contributed by atoms with Crippen LogP contribution in [-0.4, -0.2) is 49.5 Å². The van der Waals surface area contributed by atoms with Gasteiger partial charge in [0.1, 0.15) is 24.7 Å². The first-order valence-corrected chi connectivity index (χ1v) is 14.7. The van der Waals surface area contributed by atoms with Crippen LogP contribution in [0.1, 0.15) is 36.0 Å². The molecule has 11 heteroatoms. The first-order valence-electron chi connectivity index (χ1n) is 14.0. The molecule has 43 heavy (non-hydrogen) atoms. The summed E-state index contributed by atoms with van der Waals surface area (Å²) in [4.78, 5) is 15.6. The van der Waals surface area contributed by atoms with E-state index in [0.717, 1.165) is 36.1 Å². The van der Waals surface area contributed by atoms with Gasteiger partial charge in [-0.1, -0.05) is 47.5 Å². The molecule has 0 atom stereocenters. The van der Waals surface area contributed by atoms with E-state index in [1.807, 2.05) is 31.2 Å². The van der Waals surface area contributed by atoms with Crippen molar-refractivity contribution in [1.29, 1.82) is 0 Å². The van der Waals surface area contributed by atoms with E-state index >= 15 is 0 Å². The number of hydrogen-bond acceptors (Lipinski definition) is 5. The van der Waals surface area contributed by atoms with Gasteiger partial charge >= 0.3 is 6.36 Å². The van der Waals surface area contributed by atoms with E-state index < -0.39 is 6.36 Å². The zero-order valence-corrected chi connectivity index (χ0v) is 25.0. The van der Waals surface area contributed by atoms with Crippen molar-refractivity contribution in [3.63, 3.8) is 0 Å². The number of rotatable bonds is 11. The molecule has 0 aromatic heterocycles. The van der Waals surface area contributed by atoms with Gasteiger partial charge in [-0.25, -0.2) is 0 Å². The summed E-state index contributed by atoms with van der Waals surface area (Å²) in [5.41, 5.74) is 4.04. The maximum atomic E-state index is 13.9. The molecule has 0 radical (unpaired) electrons. The predicted octanol–water partition coefficient (Wildman–Crippen LogP) is 7.60. The van der Waals surface area contributed by atoms with Crippen LogP contribution in [0.15, 0.2) is 66.2 Å². The first kappa shape index (κ1) is 31.0. The summed E-state index contributed by atoms with van der Waals surface area (Å²) < 4.78 is 53.8. The summed E-state index contributed by atoms with van der Waals surface area (Å²) in [7, 11) is 0. The number of nitrogens with one attached hydrogen (secondary N) is 1. The molecular weight excluding hydrogens is 604 g/mol. The molecule has 1 heterocycles. The van der Waals surface area contributed by atoms with Gasteiger partial charge in [0.15, 0.2) is 5.75 Å². The summed E-state index contributed by atoms with van der Waals surface area (Å²) in [6.45, 7) is 3.77. The van der Waals surface area contributed by atoms with Gasteiger partial charge in [0.25, 0.3) is 5.91 Å². The quantitative estimate of drug-likeness (QED) is 0.220. The monoisotopic (exact) mass is 634 g/mol. The van der Waals surface area contributed by atoms with Crippen molar-refractivity contribution in [2.75, 3.05) is 26.3 Å². The second-order valence-electron chi connectivity index (χ2n) is 10.5. The molecule has 1 aliphatic carbocycles. The topological polar surface area (TPSA) is 60.0 Å². The van der Waals surface area contributed by atoms with Gasteiger partial charge in [-0.2, -0.15) is 0 Å². The van der Waals surface area contributed by atoms with Crippen molar-refractivity contribution in [3.05, 3.63) is 93.0 Å². The van der Waals surface area contributed by atoms with Crippen molar-refractivity contribution in [2.24, 2.45) is 0 Å². The molecule has 6 nitrogen and oxygen atoms in total. The SMILES string of the molecule is Cc1cc(Cl)c(OCCOc2ccc(C3=C(C(=O)N(Cc4cccc(OC(F)(F)F)c4)C4CC4)CNCC3)cc2)c(Cl)c1. The number of alkyl halides is 3. The van der Waals surface area contributed by atoms with Crippen LogP contribution in [0.25, 0.3) is 5.57 Å². The molecule has 5 rings (SSSR count). The molecule has 0 spiro atoms. The molecule has 1 amide bonds. The maximum absolute atomic E-state index is 13.9. The van der Waals surface area contributed by atoms with E-state index in [4.69, 9.17) is 32.7 Å². The molecular formula is C32H31Cl2F3N2O4. The highest BCUT2D eigenvalue weighted by Gasteiger charge is 2.36. The highest BCUT2D eigenvalue weighted by molar-refractivity contribution is 6.37. The highest BCUT2D eigenvalue weighted by Crippen LogP contribution is 2.35. The molecule has 0 bridgehead atoms. The van der Waals surface area contributed by atoms with Gasteiger partial charge in [-0.05, 0) is 91.4 Å². The maximum Gasteiger partial charge on any atom is 0.573 e. The van der Waals surface area contributed by atoms with Crippen LogP contribution in [0.5, 0.6) is 17.2 Å². The Labute approximate surface area is 258 Å². The summed E-state index contributed by atoms with van der Waals surface area (Å²) in [5.74, 6) is 0.656. The normalized spacial score (nSPS) is 15.3. The largest absolute Gasteiger partial charge is 0.573 e. The van der Waals surface area contributed by atoms with E-state index in [1.54, 1.807) is 23.1 Å². The molecule has 2 aliphatic rings. The van der Waals surface area contributed by atoms with Crippen LogP contribution >= 0.6 is 23.2 Å². The number of aryl methyl sites for hydroxylation is 1. The van der Waals surface area contributed by atoms with Gasteiger partial charge in [0.05, 0.1) is 10.0 Å². The Hall–Kier alpha value is -3.40. The third-order valence-corrected chi connectivity index (χ3v) is 7.71. The van der Waals surface area contributed by atoms with Crippen LogP contribution in [0.2, 0.25) is 10.0 Å². The molecule has 0 saturated heterocycles. The van der Waals surface area contributed by atoms with E-state index in [0.29, 0.717) is 45.6 Å². The molecule has 228 valence electrons. The lowest BCUT2D eigenvalue weighted by Gasteiger charge is -2.28. The fourth-order valence-electron chi connectivity index (χ4n) is 5.05. The highest BCUT2D eigenvalue weighted by atomic mass is 35.5. The Balaban J connectivity index is 1.25. The minimum absolute atomic E-state index is 0.0537. The number of nitrogens with zero attached hydrogens (tertiary/aromatic N) is 1. The van der Waals surface area contributed by atoms with E-state index in [9.17, 15) is 18.0 Å². The van der Waals surface area contributed by atoms with Crippen LogP contribution in [0.4, 0.5) is 13.2 Å². The average molecular weight is 636 g/mol. The Morgan fingerprint density at radius 1 is 0.977 bits per heavy atom. The van der Waals surface area contributed by atoms with Gasteiger partial charge < -0.3 is 24.4 Å². The average Bonchev–Trinajstić information content (AvgIpc) is 3.80. The number of benzene rings is 3. The predicted molar refractivity (Wildman–Crippen MR) is 160 cm³/mol. The molecule has 1 fully saturated rings. The zero-order chi connectivity index (χ0) is 30.6. The second kappa shape index (κ2) is 13.5. The number of ether oxygens (including phenoxy) is 3. The van der Waals surface area contributed by atoms with Crippen molar-refractivity contribution in [1.82, 2.24) is 10.2 Å². The molecule has 3 aromatic rings. The smallest absolute Gasteiger partial charge is 0.490 e. The number of carbonyl (C=O) groups is 1. The third-order valence-electron chi connectivity index (χ3n) is 7.15. The van der Waals surface area contributed by atoms with Crippen molar-refractivity contribution < 1.29 is 32.2 Å². The summed E-state index contributed by atoms with van der Waals surface area (Å²) >= 11 is 12.5. The van der Waals surface area contributed by atoms with Crippen LogP contribution in [0.3, 0.4) is 0 Å². The lowest BCUT2D eigenvalue weighted by Crippen LogP contribution is -2.39. The van der Waals surface area contributed by atoms with Crippen molar-refractivity contribution >= 4 is 34.7 Å². The molecule has 0 unspecified atom stereocenters. The van der Waals surface area contributed by atoms with Crippen LogP contribution in [-0.2, 0) is 11.3 Å².